The molecule has 0 fully saturated rings. The van der Waals surface area contributed by atoms with Crippen molar-refractivity contribution in [3.05, 3.63) is 33.9 Å². The van der Waals surface area contributed by atoms with Crippen LogP contribution in [0.1, 0.15) is 0 Å². The van der Waals surface area contributed by atoms with Crippen molar-refractivity contribution in [2.75, 3.05) is 5.73 Å². The summed E-state index contributed by atoms with van der Waals surface area (Å²) in [5, 5.41) is 1.54. The second kappa shape index (κ2) is 3.16. The van der Waals surface area contributed by atoms with Gasteiger partial charge in [0.25, 0.3) is 0 Å². The van der Waals surface area contributed by atoms with Gasteiger partial charge in [0.05, 0.1) is 15.7 Å². The van der Waals surface area contributed by atoms with Crippen LogP contribution in [0.5, 0.6) is 0 Å². The molecule has 0 saturated carbocycles. The number of benzene rings is 1. The van der Waals surface area contributed by atoms with E-state index < -0.39 is 0 Å². The molecule has 2 N–H and O–H groups in total. The van der Waals surface area contributed by atoms with E-state index in [4.69, 9.17) is 17.3 Å². The highest BCUT2D eigenvalue weighted by atomic mass is 79.9. The number of pyridine rings is 1. The zero-order valence-corrected chi connectivity index (χ0v) is 8.93. The van der Waals surface area contributed by atoms with Crippen LogP contribution in [0.3, 0.4) is 0 Å². The maximum absolute atomic E-state index is 5.84. The van der Waals surface area contributed by atoms with Crippen molar-refractivity contribution in [3.8, 4) is 0 Å². The number of halogens is 2. The van der Waals surface area contributed by atoms with Crippen LogP contribution in [-0.4, -0.2) is 4.98 Å². The van der Waals surface area contributed by atoms with Crippen LogP contribution in [0.2, 0.25) is 5.02 Å². The summed E-state index contributed by atoms with van der Waals surface area (Å²) < 4.78 is 0.794. The van der Waals surface area contributed by atoms with E-state index in [1.807, 2.05) is 12.1 Å². The highest BCUT2D eigenvalue weighted by Crippen LogP contribution is 2.28. The Morgan fingerprint density at radius 1 is 1.38 bits per heavy atom. The summed E-state index contributed by atoms with van der Waals surface area (Å²) in [6, 6.07) is 5.45. The molecule has 0 radical (unpaired) electrons. The maximum atomic E-state index is 5.84. The number of aromatic nitrogens is 1. The van der Waals surface area contributed by atoms with Crippen molar-refractivity contribution in [3.63, 3.8) is 0 Å². The van der Waals surface area contributed by atoms with Gasteiger partial charge in [-0.1, -0.05) is 11.6 Å². The highest BCUT2D eigenvalue weighted by Gasteiger charge is 2.03. The molecule has 4 heteroatoms. The molecule has 0 aliphatic carbocycles. The van der Waals surface area contributed by atoms with Crippen LogP contribution in [0, 0.1) is 0 Å². The number of rotatable bonds is 0. The summed E-state index contributed by atoms with van der Waals surface area (Å²) in [6.07, 6.45) is 1.69. The second-order valence-corrected chi connectivity index (χ2v) is 3.97. The van der Waals surface area contributed by atoms with Crippen LogP contribution in [0.4, 0.5) is 5.69 Å². The molecule has 66 valence electrons. The van der Waals surface area contributed by atoms with Gasteiger partial charge in [0, 0.05) is 16.6 Å². The standard InChI is InChI=1S/C9H6BrClN2/c10-7-4-13-8-2-1-5(11)3-6(8)9(7)12/h1-4H,(H2,12,13). The number of hydrogen-bond acceptors (Lipinski definition) is 2. The normalized spacial score (nSPS) is 10.6. The van der Waals surface area contributed by atoms with Gasteiger partial charge >= 0.3 is 0 Å². The monoisotopic (exact) mass is 256 g/mol. The van der Waals surface area contributed by atoms with Gasteiger partial charge in [0.15, 0.2) is 0 Å². The van der Waals surface area contributed by atoms with Crippen molar-refractivity contribution in [2.24, 2.45) is 0 Å². The third-order valence-corrected chi connectivity index (χ3v) is 2.69. The average molecular weight is 258 g/mol. The molecule has 0 saturated heterocycles. The first-order valence-corrected chi connectivity index (χ1v) is 4.85. The molecular formula is C9H6BrClN2. The minimum Gasteiger partial charge on any atom is -0.397 e. The molecule has 2 nitrogen and oxygen atoms in total. The van der Waals surface area contributed by atoms with E-state index in [1.165, 1.54) is 0 Å². The second-order valence-electron chi connectivity index (χ2n) is 2.68. The Hall–Kier alpha value is -0.800. The minimum atomic E-state index is 0.666. The van der Waals surface area contributed by atoms with E-state index >= 15 is 0 Å². The van der Waals surface area contributed by atoms with E-state index in [1.54, 1.807) is 12.3 Å². The molecule has 13 heavy (non-hydrogen) atoms. The van der Waals surface area contributed by atoms with Gasteiger partial charge in [0.1, 0.15) is 0 Å². The Bertz CT molecular complexity index is 465. The topological polar surface area (TPSA) is 38.9 Å². The van der Waals surface area contributed by atoms with Crippen molar-refractivity contribution in [1.82, 2.24) is 4.98 Å². The molecular weight excluding hydrogens is 251 g/mol. The van der Waals surface area contributed by atoms with Crippen LogP contribution >= 0.6 is 27.5 Å². The number of nitrogens with zero attached hydrogens (tertiary/aromatic N) is 1. The molecule has 0 aliphatic rings. The minimum absolute atomic E-state index is 0.666. The highest BCUT2D eigenvalue weighted by molar-refractivity contribution is 9.10. The van der Waals surface area contributed by atoms with Crippen LogP contribution in [0.25, 0.3) is 10.9 Å². The zero-order valence-electron chi connectivity index (χ0n) is 6.59. The largest absolute Gasteiger partial charge is 0.397 e. The third-order valence-electron chi connectivity index (χ3n) is 1.82. The SMILES string of the molecule is Nc1c(Br)cnc2ccc(Cl)cc12. The molecule has 0 aliphatic heterocycles. The quantitative estimate of drug-likeness (QED) is 0.787. The molecule has 0 amide bonds. The molecule has 0 bridgehead atoms. The van der Waals surface area contributed by atoms with Gasteiger partial charge in [-0.2, -0.15) is 0 Å². The fourth-order valence-electron chi connectivity index (χ4n) is 1.16. The molecule has 0 unspecified atom stereocenters. The molecule has 2 rings (SSSR count). The summed E-state index contributed by atoms with van der Waals surface area (Å²) in [4.78, 5) is 4.20. The number of nitrogen functional groups attached to an aromatic ring is 1. The van der Waals surface area contributed by atoms with E-state index in [-0.39, 0.29) is 0 Å². The lowest BCUT2D eigenvalue weighted by Crippen LogP contribution is -1.90. The van der Waals surface area contributed by atoms with E-state index in [2.05, 4.69) is 20.9 Å². The maximum Gasteiger partial charge on any atom is 0.0724 e. The summed E-state index contributed by atoms with van der Waals surface area (Å²) in [5.74, 6) is 0. The smallest absolute Gasteiger partial charge is 0.0724 e. The van der Waals surface area contributed by atoms with Crippen LogP contribution in [0.15, 0.2) is 28.9 Å². The molecule has 1 heterocycles. The van der Waals surface area contributed by atoms with E-state index in [9.17, 15) is 0 Å². The van der Waals surface area contributed by atoms with Gasteiger partial charge in [-0.15, -0.1) is 0 Å². The van der Waals surface area contributed by atoms with Crippen molar-refractivity contribution in [2.45, 2.75) is 0 Å². The van der Waals surface area contributed by atoms with Gasteiger partial charge in [0.2, 0.25) is 0 Å². The Morgan fingerprint density at radius 3 is 2.92 bits per heavy atom. The van der Waals surface area contributed by atoms with Gasteiger partial charge < -0.3 is 5.73 Å². The summed E-state index contributed by atoms with van der Waals surface area (Å²) in [7, 11) is 0. The lowest BCUT2D eigenvalue weighted by molar-refractivity contribution is 1.39. The van der Waals surface area contributed by atoms with Gasteiger partial charge in [-0.05, 0) is 34.1 Å². The number of hydrogen-bond donors (Lipinski definition) is 1. The van der Waals surface area contributed by atoms with Crippen LogP contribution < -0.4 is 5.73 Å². The molecule has 1 aromatic carbocycles. The Kier molecular flexibility index (Phi) is 2.14. The Morgan fingerprint density at radius 2 is 2.15 bits per heavy atom. The summed E-state index contributed by atoms with van der Waals surface area (Å²) in [5.41, 5.74) is 7.37. The molecule has 0 atom stereocenters. The van der Waals surface area contributed by atoms with E-state index in [0.717, 1.165) is 15.4 Å². The Labute approximate surface area is 88.8 Å². The van der Waals surface area contributed by atoms with Crippen molar-refractivity contribution >= 4 is 44.1 Å². The summed E-state index contributed by atoms with van der Waals surface area (Å²) >= 11 is 9.15. The predicted octanol–water partition coefficient (Wildman–Crippen LogP) is 3.23. The van der Waals surface area contributed by atoms with Gasteiger partial charge in [-0.25, -0.2) is 0 Å². The zero-order chi connectivity index (χ0) is 9.42. The van der Waals surface area contributed by atoms with Crippen LogP contribution in [-0.2, 0) is 0 Å². The lowest BCUT2D eigenvalue weighted by atomic mass is 10.2. The predicted molar refractivity (Wildman–Crippen MR) is 58.9 cm³/mol. The fraction of sp³-hybridized carbons (Fsp3) is 0. The summed E-state index contributed by atoms with van der Waals surface area (Å²) in [6.45, 7) is 0. The van der Waals surface area contributed by atoms with E-state index in [0.29, 0.717) is 10.7 Å². The third kappa shape index (κ3) is 1.49. The first-order chi connectivity index (χ1) is 6.18. The number of fused-ring (bicyclic) bond motifs is 1. The molecule has 1 aromatic heterocycles. The molecule has 0 spiro atoms. The first kappa shape index (κ1) is 8.78. The Balaban J connectivity index is 2.89. The first-order valence-electron chi connectivity index (χ1n) is 3.68. The van der Waals surface area contributed by atoms with Crippen molar-refractivity contribution < 1.29 is 0 Å². The molecule has 2 aromatic rings. The fourth-order valence-corrected chi connectivity index (χ4v) is 1.65. The van der Waals surface area contributed by atoms with Gasteiger partial charge in [-0.3, -0.25) is 4.98 Å². The average Bonchev–Trinajstić information content (AvgIpc) is 2.12. The number of nitrogens with two attached hydrogens (primary N) is 1. The lowest BCUT2D eigenvalue weighted by Gasteiger charge is -2.03. The van der Waals surface area contributed by atoms with Crippen molar-refractivity contribution in [1.29, 1.82) is 0 Å². The number of anilines is 1.